The zero-order valence-corrected chi connectivity index (χ0v) is 11.8. The van der Waals surface area contributed by atoms with Crippen LogP contribution in [0.4, 0.5) is 0 Å². The van der Waals surface area contributed by atoms with Gasteiger partial charge in [0.1, 0.15) is 0 Å². The van der Waals surface area contributed by atoms with Crippen molar-refractivity contribution in [3.05, 3.63) is 23.0 Å². The van der Waals surface area contributed by atoms with Crippen molar-refractivity contribution < 1.29 is 9.53 Å². The predicted molar refractivity (Wildman–Crippen MR) is 74.3 cm³/mol. The number of carbonyl (C=O) groups is 1. The first-order valence-electron chi connectivity index (χ1n) is 6.66. The second-order valence-electron chi connectivity index (χ2n) is 5.00. The molecule has 2 heterocycles. The van der Waals surface area contributed by atoms with Crippen LogP contribution in [0.5, 0.6) is 0 Å². The van der Waals surface area contributed by atoms with E-state index in [0.29, 0.717) is 6.10 Å². The van der Waals surface area contributed by atoms with Gasteiger partial charge < -0.3 is 9.30 Å². The fourth-order valence-corrected chi connectivity index (χ4v) is 2.42. The summed E-state index contributed by atoms with van der Waals surface area (Å²) >= 11 is 0. The van der Waals surface area contributed by atoms with Gasteiger partial charge in [-0.25, -0.2) is 5.43 Å². The lowest BCUT2D eigenvalue weighted by Gasteiger charge is -2.14. The van der Waals surface area contributed by atoms with E-state index in [9.17, 15) is 4.79 Å². The molecule has 0 aliphatic carbocycles. The Balaban J connectivity index is 2.09. The van der Waals surface area contributed by atoms with Crippen molar-refractivity contribution >= 4 is 12.1 Å². The van der Waals surface area contributed by atoms with Crippen LogP contribution in [0.25, 0.3) is 0 Å². The molecular formula is C14H21N3O2. The van der Waals surface area contributed by atoms with E-state index in [-0.39, 0.29) is 5.91 Å². The third-order valence-corrected chi connectivity index (χ3v) is 3.45. The topological polar surface area (TPSA) is 55.6 Å². The number of nitrogens with zero attached hydrogens (tertiary/aromatic N) is 2. The molecule has 1 atom stereocenters. The van der Waals surface area contributed by atoms with Gasteiger partial charge in [-0.1, -0.05) is 0 Å². The molecule has 0 bridgehead atoms. The van der Waals surface area contributed by atoms with Gasteiger partial charge in [-0.15, -0.1) is 0 Å². The molecule has 104 valence electrons. The molecule has 1 aliphatic heterocycles. The highest BCUT2D eigenvalue weighted by Gasteiger charge is 2.18. The predicted octanol–water partition coefficient (Wildman–Crippen LogP) is 1.75. The highest BCUT2D eigenvalue weighted by Crippen LogP contribution is 2.19. The fourth-order valence-electron chi connectivity index (χ4n) is 2.42. The molecule has 0 aromatic carbocycles. The Hall–Kier alpha value is -1.62. The minimum atomic E-state index is -0.163. The minimum Gasteiger partial charge on any atom is -0.376 e. The van der Waals surface area contributed by atoms with Crippen LogP contribution in [-0.2, 0) is 16.1 Å². The highest BCUT2D eigenvalue weighted by molar-refractivity contribution is 5.83. The fraction of sp³-hybridized carbons (Fsp3) is 0.571. The summed E-state index contributed by atoms with van der Waals surface area (Å²) in [5.41, 5.74) is 5.80. The second-order valence-corrected chi connectivity index (χ2v) is 5.00. The van der Waals surface area contributed by atoms with Gasteiger partial charge in [-0.2, -0.15) is 5.10 Å². The Kier molecular flexibility index (Phi) is 4.37. The molecule has 0 saturated carbocycles. The van der Waals surface area contributed by atoms with E-state index in [1.54, 1.807) is 6.21 Å². The van der Waals surface area contributed by atoms with E-state index in [1.807, 2.05) is 0 Å². The summed E-state index contributed by atoms with van der Waals surface area (Å²) in [4.78, 5) is 10.8. The quantitative estimate of drug-likeness (QED) is 0.664. The van der Waals surface area contributed by atoms with Gasteiger partial charge in [0, 0.05) is 37.0 Å². The Morgan fingerprint density at radius 1 is 1.63 bits per heavy atom. The van der Waals surface area contributed by atoms with Crippen LogP contribution < -0.4 is 5.43 Å². The van der Waals surface area contributed by atoms with Crippen molar-refractivity contribution in [1.82, 2.24) is 9.99 Å². The van der Waals surface area contributed by atoms with Gasteiger partial charge in [-0.3, -0.25) is 4.79 Å². The minimum absolute atomic E-state index is 0.163. The standard InChI is InChI=1S/C14H21N3O2/c1-10-7-13(8-15-16-12(3)18)11(2)17(10)9-14-5-4-6-19-14/h7-8,14H,4-6,9H2,1-3H3,(H,16,18)/b15-8-/t14-/m0/s1. The number of ether oxygens (including phenoxy) is 1. The summed E-state index contributed by atoms with van der Waals surface area (Å²) < 4.78 is 7.93. The van der Waals surface area contributed by atoms with E-state index < -0.39 is 0 Å². The van der Waals surface area contributed by atoms with Gasteiger partial charge in [0.05, 0.1) is 12.3 Å². The average molecular weight is 263 g/mol. The van der Waals surface area contributed by atoms with Crippen LogP contribution in [-0.4, -0.2) is 29.4 Å². The molecule has 19 heavy (non-hydrogen) atoms. The maximum absolute atomic E-state index is 10.8. The number of rotatable bonds is 4. The molecule has 0 spiro atoms. The van der Waals surface area contributed by atoms with E-state index in [4.69, 9.17) is 4.74 Å². The molecular weight excluding hydrogens is 242 g/mol. The first kappa shape index (κ1) is 13.8. The molecule has 0 radical (unpaired) electrons. The van der Waals surface area contributed by atoms with Crippen molar-refractivity contribution in [2.75, 3.05) is 6.61 Å². The first-order chi connectivity index (χ1) is 9.08. The Morgan fingerprint density at radius 2 is 2.42 bits per heavy atom. The summed E-state index contributed by atoms with van der Waals surface area (Å²) in [5, 5.41) is 3.92. The number of nitrogens with one attached hydrogen (secondary N) is 1. The lowest BCUT2D eigenvalue weighted by atomic mass is 10.2. The first-order valence-corrected chi connectivity index (χ1v) is 6.66. The maximum Gasteiger partial charge on any atom is 0.236 e. The number of amides is 1. The summed E-state index contributed by atoms with van der Waals surface area (Å²) in [6, 6.07) is 2.08. The molecule has 0 unspecified atom stereocenters. The molecule has 1 amide bonds. The normalized spacial score (nSPS) is 19.2. The number of hydrazone groups is 1. The van der Waals surface area contributed by atoms with Crippen molar-refractivity contribution in [2.45, 2.75) is 46.3 Å². The van der Waals surface area contributed by atoms with Gasteiger partial charge in [0.15, 0.2) is 0 Å². The zero-order valence-electron chi connectivity index (χ0n) is 11.8. The van der Waals surface area contributed by atoms with Crippen LogP contribution in [0.2, 0.25) is 0 Å². The number of carbonyl (C=O) groups excluding carboxylic acids is 1. The molecule has 2 rings (SSSR count). The summed E-state index contributed by atoms with van der Waals surface area (Å²) in [5.74, 6) is -0.163. The highest BCUT2D eigenvalue weighted by atomic mass is 16.5. The van der Waals surface area contributed by atoms with Gasteiger partial charge >= 0.3 is 0 Å². The number of hydrogen-bond acceptors (Lipinski definition) is 3. The molecule has 5 heteroatoms. The van der Waals surface area contributed by atoms with Crippen molar-refractivity contribution in [2.24, 2.45) is 5.10 Å². The van der Waals surface area contributed by atoms with E-state index in [1.165, 1.54) is 12.6 Å². The monoisotopic (exact) mass is 263 g/mol. The number of aryl methyl sites for hydroxylation is 1. The molecule has 1 N–H and O–H groups in total. The van der Waals surface area contributed by atoms with Gasteiger partial charge in [0.2, 0.25) is 5.91 Å². The third kappa shape index (κ3) is 3.44. The molecule has 1 saturated heterocycles. The van der Waals surface area contributed by atoms with E-state index in [2.05, 4.69) is 35.0 Å². The van der Waals surface area contributed by atoms with Gasteiger partial charge in [-0.05, 0) is 32.8 Å². The SMILES string of the molecule is CC(=O)N/N=C\c1cc(C)n(C[C@@H]2CCCO2)c1C. The molecule has 5 nitrogen and oxygen atoms in total. The smallest absolute Gasteiger partial charge is 0.236 e. The van der Waals surface area contributed by atoms with Crippen LogP contribution in [0.3, 0.4) is 0 Å². The van der Waals surface area contributed by atoms with Crippen LogP contribution >= 0.6 is 0 Å². The molecule has 1 aliphatic rings. The summed E-state index contributed by atoms with van der Waals surface area (Å²) in [6.07, 6.45) is 4.30. The Labute approximate surface area is 113 Å². The summed E-state index contributed by atoms with van der Waals surface area (Å²) in [6.45, 7) is 7.36. The van der Waals surface area contributed by atoms with E-state index >= 15 is 0 Å². The Bertz CT molecular complexity index is 485. The van der Waals surface area contributed by atoms with Crippen molar-refractivity contribution in [3.8, 4) is 0 Å². The number of aromatic nitrogens is 1. The second kappa shape index (κ2) is 6.02. The Morgan fingerprint density at radius 3 is 3.05 bits per heavy atom. The van der Waals surface area contributed by atoms with Crippen LogP contribution in [0, 0.1) is 13.8 Å². The molecule has 1 aromatic heterocycles. The van der Waals surface area contributed by atoms with Crippen molar-refractivity contribution in [3.63, 3.8) is 0 Å². The average Bonchev–Trinajstić information content (AvgIpc) is 2.93. The number of hydrogen-bond donors (Lipinski definition) is 1. The third-order valence-electron chi connectivity index (χ3n) is 3.45. The van der Waals surface area contributed by atoms with E-state index in [0.717, 1.165) is 37.3 Å². The zero-order chi connectivity index (χ0) is 13.8. The molecule has 1 aromatic rings. The largest absolute Gasteiger partial charge is 0.376 e. The summed E-state index contributed by atoms with van der Waals surface area (Å²) in [7, 11) is 0. The van der Waals surface area contributed by atoms with Crippen LogP contribution in [0.1, 0.15) is 36.7 Å². The maximum atomic E-state index is 10.8. The van der Waals surface area contributed by atoms with Crippen LogP contribution in [0.15, 0.2) is 11.2 Å². The lowest BCUT2D eigenvalue weighted by Crippen LogP contribution is -2.17. The van der Waals surface area contributed by atoms with Gasteiger partial charge in [0.25, 0.3) is 0 Å². The lowest BCUT2D eigenvalue weighted by molar-refractivity contribution is -0.118. The van der Waals surface area contributed by atoms with Crippen molar-refractivity contribution in [1.29, 1.82) is 0 Å². The molecule has 1 fully saturated rings.